The van der Waals surface area contributed by atoms with Crippen LogP contribution in [0.1, 0.15) is 55.8 Å². The normalized spacial score (nSPS) is 25.4. The van der Waals surface area contributed by atoms with Crippen molar-refractivity contribution < 1.29 is 8.42 Å². The van der Waals surface area contributed by atoms with E-state index < -0.39 is 15.6 Å². The van der Waals surface area contributed by atoms with Gasteiger partial charge in [0.15, 0.2) is 0 Å². The van der Waals surface area contributed by atoms with Gasteiger partial charge >= 0.3 is 0 Å². The third-order valence-electron chi connectivity index (χ3n) is 7.76. The lowest BCUT2D eigenvalue weighted by molar-refractivity contribution is 0.0853. The molecule has 2 aromatic rings. The standard InChI is InChI=1S/C26H35N3O2S/c1-26(2)23-12-5-6-14-25(23)32(30,31)29(26)16-8-15-27-17-19-28(20-18-27)24-13-7-10-21-9-3-4-11-22(21)24/h3-6,9,11-12,14,24H,7-8,10,13,15-20H2,1-2H3. The minimum Gasteiger partial charge on any atom is -0.301 e. The molecule has 0 N–H and O–H groups in total. The van der Waals surface area contributed by atoms with Gasteiger partial charge in [-0.1, -0.05) is 42.5 Å². The molecule has 1 aliphatic carbocycles. The number of fused-ring (bicyclic) bond motifs is 2. The monoisotopic (exact) mass is 453 g/mol. The Morgan fingerprint density at radius 3 is 2.44 bits per heavy atom. The minimum absolute atomic E-state index is 0.478. The smallest absolute Gasteiger partial charge is 0.244 e. The topological polar surface area (TPSA) is 43.9 Å². The van der Waals surface area contributed by atoms with Gasteiger partial charge in [0.2, 0.25) is 10.0 Å². The Kier molecular flexibility index (Phi) is 5.91. The number of sulfonamides is 1. The Labute approximate surface area is 193 Å². The molecule has 0 aromatic heterocycles. The van der Waals surface area contributed by atoms with Crippen LogP contribution in [-0.4, -0.2) is 61.8 Å². The lowest BCUT2D eigenvalue weighted by Gasteiger charge is -2.41. The molecular weight excluding hydrogens is 418 g/mol. The van der Waals surface area contributed by atoms with Crippen LogP contribution in [0.3, 0.4) is 0 Å². The summed E-state index contributed by atoms with van der Waals surface area (Å²) in [6, 6.07) is 17.0. The molecule has 0 saturated carbocycles. The fourth-order valence-electron chi connectivity index (χ4n) is 5.99. The van der Waals surface area contributed by atoms with Gasteiger partial charge < -0.3 is 4.90 Å². The van der Waals surface area contributed by atoms with E-state index in [1.807, 2.05) is 32.0 Å². The maximum Gasteiger partial charge on any atom is 0.244 e. The number of benzene rings is 2. The molecule has 1 atom stereocenters. The SMILES string of the molecule is CC1(C)c2ccccc2S(=O)(=O)N1CCCN1CCN(C2CCCc3ccccc32)CC1. The number of rotatable bonds is 5. The van der Waals surface area contributed by atoms with E-state index in [-0.39, 0.29) is 0 Å². The number of piperazine rings is 1. The molecule has 172 valence electrons. The van der Waals surface area contributed by atoms with Crippen molar-refractivity contribution in [2.75, 3.05) is 39.3 Å². The first-order chi connectivity index (χ1) is 15.4. The molecule has 1 saturated heterocycles. The molecule has 2 heterocycles. The Bertz CT molecular complexity index is 1070. The van der Waals surface area contributed by atoms with Crippen molar-refractivity contribution in [1.29, 1.82) is 0 Å². The highest BCUT2D eigenvalue weighted by molar-refractivity contribution is 7.89. The Morgan fingerprint density at radius 1 is 0.938 bits per heavy atom. The summed E-state index contributed by atoms with van der Waals surface area (Å²) < 4.78 is 27.9. The van der Waals surface area contributed by atoms with Crippen LogP contribution in [0, 0.1) is 0 Å². The molecule has 32 heavy (non-hydrogen) atoms. The van der Waals surface area contributed by atoms with Crippen molar-refractivity contribution in [3.05, 3.63) is 65.2 Å². The number of hydrogen-bond acceptors (Lipinski definition) is 4. The van der Waals surface area contributed by atoms with Crippen LogP contribution in [0.5, 0.6) is 0 Å². The van der Waals surface area contributed by atoms with Crippen LogP contribution in [0.15, 0.2) is 53.4 Å². The van der Waals surface area contributed by atoms with E-state index in [1.165, 1.54) is 30.4 Å². The second-order valence-corrected chi connectivity index (χ2v) is 11.8. The van der Waals surface area contributed by atoms with Crippen molar-refractivity contribution in [2.24, 2.45) is 0 Å². The third-order valence-corrected chi connectivity index (χ3v) is 9.89. The Balaban J connectivity index is 1.16. The summed E-state index contributed by atoms with van der Waals surface area (Å²) in [7, 11) is -3.40. The van der Waals surface area contributed by atoms with Gasteiger partial charge in [-0.2, -0.15) is 4.31 Å². The summed E-state index contributed by atoms with van der Waals surface area (Å²) in [4.78, 5) is 5.65. The van der Waals surface area contributed by atoms with E-state index in [2.05, 4.69) is 34.1 Å². The number of nitrogens with zero attached hydrogens (tertiary/aromatic N) is 3. The largest absolute Gasteiger partial charge is 0.301 e. The van der Waals surface area contributed by atoms with Gasteiger partial charge in [0.25, 0.3) is 0 Å². The van der Waals surface area contributed by atoms with E-state index in [9.17, 15) is 8.42 Å². The van der Waals surface area contributed by atoms with Crippen molar-refractivity contribution in [3.8, 4) is 0 Å². The second-order valence-electron chi connectivity index (χ2n) is 9.97. The fraction of sp³-hybridized carbons (Fsp3) is 0.538. The molecule has 5 nitrogen and oxygen atoms in total. The molecule has 1 unspecified atom stereocenters. The summed E-state index contributed by atoms with van der Waals surface area (Å²) >= 11 is 0. The fourth-order valence-corrected chi connectivity index (χ4v) is 8.15. The van der Waals surface area contributed by atoms with Crippen LogP contribution < -0.4 is 0 Å². The summed E-state index contributed by atoms with van der Waals surface area (Å²) in [6.07, 6.45) is 4.62. The predicted octanol–water partition coefficient (Wildman–Crippen LogP) is 4.01. The average molecular weight is 454 g/mol. The van der Waals surface area contributed by atoms with E-state index in [4.69, 9.17) is 0 Å². The summed E-state index contributed by atoms with van der Waals surface area (Å²) in [6.45, 7) is 9.89. The molecule has 3 aliphatic rings. The average Bonchev–Trinajstić information content (AvgIpc) is 2.96. The molecule has 1 fully saturated rings. The first kappa shape index (κ1) is 22.1. The van der Waals surface area contributed by atoms with Crippen molar-refractivity contribution >= 4 is 10.0 Å². The predicted molar refractivity (Wildman–Crippen MR) is 128 cm³/mol. The molecule has 0 spiro atoms. The summed E-state index contributed by atoms with van der Waals surface area (Å²) in [5.41, 5.74) is 3.50. The van der Waals surface area contributed by atoms with E-state index >= 15 is 0 Å². The van der Waals surface area contributed by atoms with E-state index in [0.717, 1.165) is 44.7 Å². The zero-order valence-corrected chi connectivity index (χ0v) is 20.2. The van der Waals surface area contributed by atoms with Gasteiger partial charge in [-0.3, -0.25) is 4.90 Å². The van der Waals surface area contributed by atoms with E-state index in [0.29, 0.717) is 17.5 Å². The van der Waals surface area contributed by atoms with Crippen molar-refractivity contribution in [3.63, 3.8) is 0 Å². The zero-order valence-electron chi connectivity index (χ0n) is 19.3. The van der Waals surface area contributed by atoms with Crippen LogP contribution >= 0.6 is 0 Å². The van der Waals surface area contributed by atoms with Gasteiger partial charge in [-0.05, 0) is 68.8 Å². The quantitative estimate of drug-likeness (QED) is 0.686. The number of aryl methyl sites for hydroxylation is 1. The van der Waals surface area contributed by atoms with Gasteiger partial charge in [-0.15, -0.1) is 0 Å². The van der Waals surface area contributed by atoms with Gasteiger partial charge in [0.1, 0.15) is 0 Å². The highest BCUT2D eigenvalue weighted by atomic mass is 32.2. The van der Waals surface area contributed by atoms with E-state index in [1.54, 1.807) is 10.4 Å². The van der Waals surface area contributed by atoms with Crippen molar-refractivity contribution in [1.82, 2.24) is 14.1 Å². The van der Waals surface area contributed by atoms with Gasteiger partial charge in [-0.25, -0.2) is 8.42 Å². The lowest BCUT2D eigenvalue weighted by Crippen LogP contribution is -2.49. The molecule has 2 aromatic carbocycles. The van der Waals surface area contributed by atoms with Gasteiger partial charge in [0, 0.05) is 38.8 Å². The molecule has 0 bridgehead atoms. The summed E-state index contributed by atoms with van der Waals surface area (Å²) in [5.74, 6) is 0. The zero-order chi connectivity index (χ0) is 22.3. The molecule has 0 radical (unpaired) electrons. The first-order valence-corrected chi connectivity index (χ1v) is 13.5. The van der Waals surface area contributed by atoms with Crippen LogP contribution in [0.2, 0.25) is 0 Å². The highest BCUT2D eigenvalue weighted by Gasteiger charge is 2.47. The van der Waals surface area contributed by atoms with Crippen LogP contribution in [-0.2, 0) is 22.0 Å². The first-order valence-electron chi connectivity index (χ1n) is 12.1. The maximum atomic E-state index is 13.1. The minimum atomic E-state index is -3.40. The molecule has 5 rings (SSSR count). The maximum absolute atomic E-state index is 13.1. The summed E-state index contributed by atoms with van der Waals surface area (Å²) in [5, 5.41) is 0. The number of hydrogen-bond donors (Lipinski definition) is 0. The Morgan fingerprint density at radius 2 is 1.66 bits per heavy atom. The highest BCUT2D eigenvalue weighted by Crippen LogP contribution is 2.43. The molecule has 2 aliphatic heterocycles. The second kappa shape index (κ2) is 8.56. The third kappa shape index (κ3) is 3.81. The Hall–Kier alpha value is -1.73. The van der Waals surface area contributed by atoms with Gasteiger partial charge in [0.05, 0.1) is 10.4 Å². The van der Waals surface area contributed by atoms with Crippen LogP contribution in [0.4, 0.5) is 0 Å². The lowest BCUT2D eigenvalue weighted by atomic mass is 9.86. The van der Waals surface area contributed by atoms with Crippen molar-refractivity contribution in [2.45, 2.75) is 56.0 Å². The molecule has 0 amide bonds. The van der Waals surface area contributed by atoms with Crippen LogP contribution in [0.25, 0.3) is 0 Å². The molecular formula is C26H35N3O2S. The molecule has 6 heteroatoms.